The monoisotopic (exact) mass is 461 g/mol. The summed E-state index contributed by atoms with van der Waals surface area (Å²) in [6.07, 6.45) is 0.430. The molecule has 0 spiro atoms. The molecular weight excluding hydrogens is 433 g/mol. The predicted octanol–water partition coefficient (Wildman–Crippen LogP) is 3.74. The predicted molar refractivity (Wildman–Crippen MR) is 120 cm³/mol. The lowest BCUT2D eigenvalue weighted by molar-refractivity contribution is -0.151. The van der Waals surface area contributed by atoms with E-state index in [-0.39, 0.29) is 18.1 Å². The van der Waals surface area contributed by atoms with Crippen molar-refractivity contribution in [3.63, 3.8) is 0 Å². The highest BCUT2D eigenvalue weighted by molar-refractivity contribution is 7.99. The molecule has 0 fully saturated rings. The first-order valence-corrected chi connectivity index (χ1v) is 11.8. The van der Waals surface area contributed by atoms with E-state index in [0.29, 0.717) is 34.7 Å². The van der Waals surface area contributed by atoms with Gasteiger partial charge in [-0.1, -0.05) is 26.0 Å². The smallest absolute Gasteiger partial charge is 0.336 e. The number of thioether (sulfide) groups is 1. The maximum atomic E-state index is 14.2. The summed E-state index contributed by atoms with van der Waals surface area (Å²) in [5.74, 6) is -2.59. The van der Waals surface area contributed by atoms with Crippen LogP contribution in [-0.2, 0) is 23.9 Å². The van der Waals surface area contributed by atoms with Gasteiger partial charge in [0.05, 0.1) is 12.7 Å². The SMILES string of the molecule is CCSCCOC(=O)C1=C(C)NC2=C(C(=O)[C@@H](C(=O)OC)[C@H](C)C2)[C@H]1c1cccc(F)c1. The number of halogens is 1. The van der Waals surface area contributed by atoms with Gasteiger partial charge >= 0.3 is 11.9 Å². The van der Waals surface area contributed by atoms with Crippen LogP contribution in [0.4, 0.5) is 4.39 Å². The van der Waals surface area contributed by atoms with Crippen molar-refractivity contribution < 1.29 is 28.2 Å². The van der Waals surface area contributed by atoms with E-state index < -0.39 is 35.4 Å². The van der Waals surface area contributed by atoms with E-state index in [1.54, 1.807) is 24.8 Å². The highest BCUT2D eigenvalue weighted by Gasteiger charge is 2.47. The topological polar surface area (TPSA) is 81.7 Å². The summed E-state index contributed by atoms with van der Waals surface area (Å²) in [5, 5.41) is 3.19. The summed E-state index contributed by atoms with van der Waals surface area (Å²) in [4.78, 5) is 39.0. The van der Waals surface area contributed by atoms with Crippen LogP contribution >= 0.6 is 11.8 Å². The van der Waals surface area contributed by atoms with Crippen LogP contribution in [-0.4, -0.2) is 42.9 Å². The van der Waals surface area contributed by atoms with E-state index in [9.17, 15) is 18.8 Å². The number of rotatable bonds is 7. The van der Waals surface area contributed by atoms with Gasteiger partial charge in [-0.15, -0.1) is 0 Å². The van der Waals surface area contributed by atoms with Crippen molar-refractivity contribution in [3.8, 4) is 0 Å². The Morgan fingerprint density at radius 3 is 2.72 bits per heavy atom. The number of hydrogen-bond acceptors (Lipinski definition) is 7. The molecule has 3 atom stereocenters. The van der Waals surface area contributed by atoms with Crippen LogP contribution in [0.25, 0.3) is 0 Å². The van der Waals surface area contributed by atoms with Gasteiger partial charge in [0.1, 0.15) is 18.3 Å². The Bertz CT molecular complexity index is 986. The average Bonchev–Trinajstić information content (AvgIpc) is 2.75. The fraction of sp³-hybridized carbons (Fsp3) is 0.458. The number of carbonyl (C=O) groups is 3. The van der Waals surface area contributed by atoms with Gasteiger partial charge in [-0.3, -0.25) is 9.59 Å². The molecule has 1 aromatic rings. The van der Waals surface area contributed by atoms with Gasteiger partial charge in [0, 0.05) is 28.6 Å². The Morgan fingerprint density at radius 1 is 1.31 bits per heavy atom. The number of ketones is 1. The van der Waals surface area contributed by atoms with Crippen molar-refractivity contribution in [3.05, 3.63) is 58.2 Å². The minimum Gasteiger partial charge on any atom is -0.468 e. The fourth-order valence-electron chi connectivity index (χ4n) is 4.39. The Hall–Kier alpha value is -2.61. The van der Waals surface area contributed by atoms with Crippen molar-refractivity contribution in [2.24, 2.45) is 11.8 Å². The van der Waals surface area contributed by atoms with E-state index in [4.69, 9.17) is 9.47 Å². The third-order valence-corrected chi connectivity index (χ3v) is 6.67. The van der Waals surface area contributed by atoms with E-state index in [0.717, 1.165) is 5.75 Å². The number of hydrogen-bond donors (Lipinski definition) is 1. The minimum absolute atomic E-state index is 0.228. The molecule has 3 rings (SSSR count). The van der Waals surface area contributed by atoms with Gasteiger partial charge in [-0.05, 0) is 42.7 Å². The number of dihydropyridines is 1. The molecule has 2 aliphatic rings. The molecule has 1 aliphatic carbocycles. The second-order valence-electron chi connectivity index (χ2n) is 7.92. The number of nitrogens with one attached hydrogen (secondary N) is 1. The zero-order valence-corrected chi connectivity index (χ0v) is 19.5. The summed E-state index contributed by atoms with van der Waals surface area (Å²) >= 11 is 1.65. The Kier molecular flexibility index (Phi) is 7.77. The second kappa shape index (κ2) is 10.3. The highest BCUT2D eigenvalue weighted by Crippen LogP contribution is 2.45. The first-order chi connectivity index (χ1) is 15.3. The van der Waals surface area contributed by atoms with Gasteiger partial charge < -0.3 is 14.8 Å². The summed E-state index contributed by atoms with van der Waals surface area (Å²) < 4.78 is 24.5. The number of allylic oxidation sites excluding steroid dienone is 3. The summed E-state index contributed by atoms with van der Waals surface area (Å²) in [6.45, 7) is 5.81. The Morgan fingerprint density at radius 2 is 2.06 bits per heavy atom. The molecule has 1 aliphatic heterocycles. The normalized spacial score (nSPS) is 22.9. The second-order valence-corrected chi connectivity index (χ2v) is 9.32. The van der Waals surface area contributed by atoms with E-state index in [2.05, 4.69) is 5.32 Å². The van der Waals surface area contributed by atoms with Crippen molar-refractivity contribution in [2.45, 2.75) is 33.1 Å². The largest absolute Gasteiger partial charge is 0.468 e. The van der Waals surface area contributed by atoms with Crippen LogP contribution in [0.1, 0.15) is 38.7 Å². The zero-order chi connectivity index (χ0) is 23.4. The maximum absolute atomic E-state index is 14.2. The first-order valence-electron chi connectivity index (χ1n) is 10.6. The highest BCUT2D eigenvalue weighted by atomic mass is 32.2. The van der Waals surface area contributed by atoms with Crippen LogP contribution in [0.2, 0.25) is 0 Å². The van der Waals surface area contributed by atoms with Crippen LogP contribution in [0.15, 0.2) is 46.8 Å². The van der Waals surface area contributed by atoms with Crippen LogP contribution < -0.4 is 5.32 Å². The summed E-state index contributed by atoms with van der Waals surface area (Å²) in [6, 6.07) is 5.83. The number of benzene rings is 1. The number of methoxy groups -OCH3 is 1. The first kappa shape index (κ1) is 24.0. The molecule has 0 saturated heterocycles. The zero-order valence-electron chi connectivity index (χ0n) is 18.7. The van der Waals surface area contributed by atoms with Crippen molar-refractivity contribution >= 4 is 29.5 Å². The van der Waals surface area contributed by atoms with Crippen LogP contribution in [0.3, 0.4) is 0 Å². The molecule has 0 unspecified atom stereocenters. The molecule has 6 nitrogen and oxygen atoms in total. The molecule has 1 aromatic carbocycles. The summed E-state index contributed by atoms with van der Waals surface area (Å²) in [7, 11) is 1.25. The molecule has 0 amide bonds. The molecule has 1 N–H and O–H groups in total. The molecular formula is C24H28FNO5S. The lowest BCUT2D eigenvalue weighted by atomic mass is 9.69. The van der Waals surface area contributed by atoms with Gasteiger partial charge in [-0.2, -0.15) is 11.8 Å². The number of Topliss-reactive ketones (excluding diaryl/α,β-unsaturated/α-hetero) is 1. The van der Waals surface area contributed by atoms with Crippen molar-refractivity contribution in [1.82, 2.24) is 5.32 Å². The van der Waals surface area contributed by atoms with Gasteiger partial charge in [0.25, 0.3) is 0 Å². The third kappa shape index (κ3) is 4.75. The van der Waals surface area contributed by atoms with Gasteiger partial charge in [-0.25, -0.2) is 9.18 Å². The summed E-state index contributed by atoms with van der Waals surface area (Å²) in [5.41, 5.74) is 2.21. The molecule has 0 saturated carbocycles. The number of ether oxygens (including phenoxy) is 2. The lowest BCUT2D eigenvalue weighted by Gasteiger charge is -2.38. The van der Waals surface area contributed by atoms with E-state index in [1.165, 1.54) is 25.3 Å². The molecule has 8 heteroatoms. The molecule has 0 radical (unpaired) electrons. The quantitative estimate of drug-likeness (QED) is 0.376. The molecule has 1 heterocycles. The molecule has 0 aromatic heterocycles. The maximum Gasteiger partial charge on any atom is 0.336 e. The van der Waals surface area contributed by atoms with Gasteiger partial charge in [0.15, 0.2) is 5.78 Å². The lowest BCUT2D eigenvalue weighted by Crippen LogP contribution is -2.43. The number of carbonyl (C=O) groups excluding carboxylic acids is 3. The Labute approximate surface area is 191 Å². The molecule has 0 bridgehead atoms. The standard InChI is InChI=1S/C24H28FNO5S/c1-5-32-10-9-31-24(29)19-14(3)26-17-11-13(2)18(23(28)30-4)22(27)21(17)20(19)15-7-6-8-16(25)12-15/h6-8,12-13,18,20,26H,5,9-11H2,1-4H3/t13-,18+,20+/m1/s1. The van der Waals surface area contributed by atoms with Crippen molar-refractivity contribution in [2.75, 3.05) is 25.2 Å². The minimum atomic E-state index is -0.978. The van der Waals surface area contributed by atoms with Crippen LogP contribution in [0, 0.1) is 17.7 Å². The third-order valence-electron chi connectivity index (χ3n) is 5.81. The van der Waals surface area contributed by atoms with Crippen molar-refractivity contribution in [1.29, 1.82) is 0 Å². The number of esters is 2. The van der Waals surface area contributed by atoms with Gasteiger partial charge in [0.2, 0.25) is 0 Å². The average molecular weight is 462 g/mol. The van der Waals surface area contributed by atoms with E-state index in [1.807, 2.05) is 13.8 Å². The van der Waals surface area contributed by atoms with E-state index >= 15 is 0 Å². The molecule has 172 valence electrons. The fourth-order valence-corrected chi connectivity index (χ4v) is 4.88. The molecule has 32 heavy (non-hydrogen) atoms. The van der Waals surface area contributed by atoms with Crippen LogP contribution in [0.5, 0.6) is 0 Å². The Balaban J connectivity index is 2.07.